The maximum absolute atomic E-state index is 11.8. The summed E-state index contributed by atoms with van der Waals surface area (Å²) >= 11 is 0. The molecule has 0 aliphatic rings. The van der Waals surface area contributed by atoms with Crippen molar-refractivity contribution in [2.45, 2.75) is 65.5 Å². The zero-order chi connectivity index (χ0) is 18.9. The van der Waals surface area contributed by atoms with Crippen molar-refractivity contribution in [2.24, 2.45) is 10.7 Å². The molecule has 0 fully saturated rings. The van der Waals surface area contributed by atoms with E-state index in [-0.39, 0.29) is 30.0 Å². The van der Waals surface area contributed by atoms with Crippen molar-refractivity contribution in [3.63, 3.8) is 0 Å². The van der Waals surface area contributed by atoms with Crippen LogP contribution in [-0.4, -0.2) is 30.2 Å². The largest absolute Gasteiger partial charge is 0.444 e. The first-order valence-corrected chi connectivity index (χ1v) is 8.83. The Morgan fingerprint density at radius 2 is 1.88 bits per heavy atom. The van der Waals surface area contributed by atoms with Crippen molar-refractivity contribution >= 4 is 41.7 Å². The topological polar surface area (TPSA) is 88.7 Å². The molecular formula is C19H33IN4O2. The SMILES string of the molecule is CCCCC(CNC(=O)OC(C)(C)C)N=C(N)Nc1ccc(C)cc1.I. The highest BCUT2D eigenvalue weighted by Gasteiger charge is 2.17. The Morgan fingerprint density at radius 1 is 1.27 bits per heavy atom. The summed E-state index contributed by atoms with van der Waals surface area (Å²) in [6.07, 6.45) is 2.49. The van der Waals surface area contributed by atoms with Gasteiger partial charge in [-0.1, -0.05) is 37.5 Å². The molecule has 1 amide bonds. The normalized spacial score (nSPS) is 12.7. The average molecular weight is 476 g/mol. The van der Waals surface area contributed by atoms with Crippen LogP contribution >= 0.6 is 24.0 Å². The summed E-state index contributed by atoms with van der Waals surface area (Å²) in [7, 11) is 0. The van der Waals surface area contributed by atoms with E-state index in [0.717, 1.165) is 24.9 Å². The lowest BCUT2D eigenvalue weighted by Gasteiger charge is -2.21. The average Bonchev–Trinajstić information content (AvgIpc) is 2.50. The fraction of sp³-hybridized carbons (Fsp3) is 0.579. The minimum atomic E-state index is -0.516. The van der Waals surface area contributed by atoms with E-state index in [1.807, 2.05) is 52.0 Å². The molecule has 0 saturated carbocycles. The molecular weight excluding hydrogens is 443 g/mol. The summed E-state index contributed by atoms with van der Waals surface area (Å²) in [6.45, 7) is 10.1. The number of carbonyl (C=O) groups is 1. The predicted molar refractivity (Wildman–Crippen MR) is 119 cm³/mol. The lowest BCUT2D eigenvalue weighted by Crippen LogP contribution is -2.37. The van der Waals surface area contributed by atoms with E-state index < -0.39 is 11.7 Å². The summed E-state index contributed by atoms with van der Waals surface area (Å²) in [5.74, 6) is 0.343. The third kappa shape index (κ3) is 11.2. The number of benzene rings is 1. The molecule has 4 N–H and O–H groups in total. The first kappa shape index (κ1) is 24.5. The van der Waals surface area contributed by atoms with Gasteiger partial charge in [-0.05, 0) is 46.2 Å². The van der Waals surface area contributed by atoms with Gasteiger partial charge in [0, 0.05) is 12.2 Å². The van der Waals surface area contributed by atoms with Crippen LogP contribution in [-0.2, 0) is 4.74 Å². The van der Waals surface area contributed by atoms with E-state index in [4.69, 9.17) is 10.5 Å². The molecule has 1 aromatic rings. The Kier molecular flexibility index (Phi) is 11.3. The van der Waals surface area contributed by atoms with Gasteiger partial charge in [0.05, 0.1) is 6.04 Å². The molecule has 1 aromatic carbocycles. The number of hydrogen-bond donors (Lipinski definition) is 3. The first-order chi connectivity index (χ1) is 11.7. The maximum atomic E-state index is 11.8. The van der Waals surface area contributed by atoms with Crippen molar-refractivity contribution in [3.05, 3.63) is 29.8 Å². The van der Waals surface area contributed by atoms with Gasteiger partial charge in [-0.2, -0.15) is 0 Å². The van der Waals surface area contributed by atoms with E-state index in [1.54, 1.807) is 0 Å². The van der Waals surface area contributed by atoms with Gasteiger partial charge in [0.15, 0.2) is 5.96 Å². The smallest absolute Gasteiger partial charge is 0.407 e. The standard InChI is InChI=1S/C19H32N4O2.HI/c1-6-7-8-16(13-21-18(24)25-19(3,4)5)23-17(20)22-15-11-9-14(2)10-12-15;/h9-12,16H,6-8,13H2,1-5H3,(H,21,24)(H3,20,22,23);1H. The number of nitrogens with zero attached hydrogens (tertiary/aromatic N) is 1. The summed E-state index contributed by atoms with van der Waals surface area (Å²) in [4.78, 5) is 16.3. The number of carbonyl (C=O) groups excluding carboxylic acids is 1. The van der Waals surface area contributed by atoms with Gasteiger partial charge in [-0.25, -0.2) is 9.79 Å². The number of rotatable bonds is 7. The number of anilines is 1. The maximum Gasteiger partial charge on any atom is 0.407 e. The van der Waals surface area contributed by atoms with Gasteiger partial charge in [0.1, 0.15) is 5.60 Å². The van der Waals surface area contributed by atoms with Crippen molar-refractivity contribution in [3.8, 4) is 0 Å². The zero-order valence-corrected chi connectivity index (χ0v) is 18.8. The third-order valence-corrected chi connectivity index (χ3v) is 3.42. The van der Waals surface area contributed by atoms with Crippen LogP contribution in [0, 0.1) is 6.92 Å². The monoisotopic (exact) mass is 476 g/mol. The molecule has 0 aliphatic carbocycles. The zero-order valence-electron chi connectivity index (χ0n) is 16.5. The van der Waals surface area contributed by atoms with Crippen molar-refractivity contribution < 1.29 is 9.53 Å². The summed E-state index contributed by atoms with van der Waals surface area (Å²) in [5.41, 5.74) is 7.58. The predicted octanol–water partition coefficient (Wildman–Crippen LogP) is 4.42. The van der Waals surface area contributed by atoms with Crippen LogP contribution in [0.2, 0.25) is 0 Å². The first-order valence-electron chi connectivity index (χ1n) is 8.83. The molecule has 0 aliphatic heterocycles. The van der Waals surface area contributed by atoms with E-state index in [1.165, 1.54) is 5.56 Å². The Balaban J connectivity index is 0.00000625. The van der Waals surface area contributed by atoms with Gasteiger partial charge in [0.2, 0.25) is 0 Å². The van der Waals surface area contributed by atoms with E-state index in [9.17, 15) is 4.79 Å². The molecule has 0 spiro atoms. The third-order valence-electron chi connectivity index (χ3n) is 3.42. The van der Waals surface area contributed by atoms with Crippen LogP contribution < -0.4 is 16.4 Å². The highest BCUT2D eigenvalue weighted by Crippen LogP contribution is 2.10. The molecule has 0 bridgehead atoms. The Morgan fingerprint density at radius 3 is 2.42 bits per heavy atom. The summed E-state index contributed by atoms with van der Waals surface area (Å²) in [5, 5.41) is 5.86. The second-order valence-electron chi connectivity index (χ2n) is 7.18. The number of nitrogens with one attached hydrogen (secondary N) is 2. The number of ether oxygens (including phenoxy) is 1. The lowest BCUT2D eigenvalue weighted by molar-refractivity contribution is 0.0524. The second kappa shape index (κ2) is 12.0. The van der Waals surface area contributed by atoms with Gasteiger partial charge in [-0.3, -0.25) is 0 Å². The Hall–Kier alpha value is -1.51. The van der Waals surface area contributed by atoms with Gasteiger partial charge >= 0.3 is 6.09 Å². The number of aryl methyl sites for hydroxylation is 1. The fourth-order valence-electron chi connectivity index (χ4n) is 2.18. The van der Waals surface area contributed by atoms with Crippen LogP contribution in [0.5, 0.6) is 0 Å². The molecule has 7 heteroatoms. The molecule has 6 nitrogen and oxygen atoms in total. The number of aliphatic imine (C=N–C) groups is 1. The summed E-state index contributed by atoms with van der Waals surface area (Å²) in [6, 6.07) is 7.84. The van der Waals surface area contributed by atoms with E-state index >= 15 is 0 Å². The number of guanidine groups is 1. The van der Waals surface area contributed by atoms with Crippen molar-refractivity contribution in [2.75, 3.05) is 11.9 Å². The molecule has 1 rings (SSSR count). The number of hydrogen-bond acceptors (Lipinski definition) is 3. The molecule has 0 radical (unpaired) electrons. The molecule has 0 saturated heterocycles. The van der Waals surface area contributed by atoms with Gasteiger partial charge in [0.25, 0.3) is 0 Å². The highest BCUT2D eigenvalue weighted by atomic mass is 127. The molecule has 0 heterocycles. The molecule has 148 valence electrons. The van der Waals surface area contributed by atoms with Crippen LogP contribution in [0.4, 0.5) is 10.5 Å². The van der Waals surface area contributed by atoms with Crippen molar-refractivity contribution in [1.82, 2.24) is 5.32 Å². The number of alkyl carbamates (subject to hydrolysis) is 1. The highest BCUT2D eigenvalue weighted by molar-refractivity contribution is 14.0. The fourth-order valence-corrected chi connectivity index (χ4v) is 2.18. The number of amides is 1. The van der Waals surface area contributed by atoms with E-state index in [2.05, 4.69) is 22.5 Å². The van der Waals surface area contributed by atoms with Crippen LogP contribution in [0.3, 0.4) is 0 Å². The van der Waals surface area contributed by atoms with Crippen LogP contribution in [0.15, 0.2) is 29.3 Å². The number of halogens is 1. The Bertz CT molecular complexity index is 568. The number of nitrogens with two attached hydrogens (primary N) is 1. The minimum absolute atomic E-state index is 0. The molecule has 26 heavy (non-hydrogen) atoms. The minimum Gasteiger partial charge on any atom is -0.444 e. The van der Waals surface area contributed by atoms with Crippen LogP contribution in [0.1, 0.15) is 52.5 Å². The van der Waals surface area contributed by atoms with Crippen molar-refractivity contribution in [1.29, 1.82) is 0 Å². The molecule has 0 aromatic heterocycles. The summed E-state index contributed by atoms with van der Waals surface area (Å²) < 4.78 is 5.26. The molecule has 1 atom stereocenters. The number of unbranched alkanes of at least 4 members (excludes halogenated alkanes) is 1. The Labute approximate surface area is 174 Å². The second-order valence-corrected chi connectivity index (χ2v) is 7.18. The quantitative estimate of drug-likeness (QED) is 0.309. The van der Waals surface area contributed by atoms with Gasteiger partial charge in [-0.15, -0.1) is 24.0 Å². The lowest BCUT2D eigenvalue weighted by atomic mass is 10.1. The molecule has 1 unspecified atom stereocenters. The van der Waals surface area contributed by atoms with E-state index in [0.29, 0.717) is 12.5 Å². The van der Waals surface area contributed by atoms with Gasteiger partial charge < -0.3 is 21.1 Å². The van der Waals surface area contributed by atoms with Crippen LogP contribution in [0.25, 0.3) is 0 Å².